The van der Waals surface area contributed by atoms with Gasteiger partial charge in [-0.05, 0) is 13.8 Å². The molecule has 17 heavy (non-hydrogen) atoms. The number of aliphatic hydroxyl groups excluding tert-OH is 1. The van der Waals surface area contributed by atoms with E-state index in [-0.39, 0.29) is 12.6 Å². The van der Waals surface area contributed by atoms with Crippen molar-refractivity contribution < 1.29 is 9.90 Å². The fraction of sp³-hybridized carbons (Fsp3) is 0.500. The number of hydrazine groups is 1. The lowest BCUT2D eigenvalue weighted by Gasteiger charge is -2.35. The SMILES string of the molecule is CC(C)(CO)NN1C(=O)NCc2cncnc21. The Bertz CT molecular complexity index is 434. The Kier molecular flexibility index (Phi) is 2.95. The largest absolute Gasteiger partial charge is 0.394 e. The van der Waals surface area contributed by atoms with Crippen molar-refractivity contribution >= 4 is 11.8 Å². The normalized spacial score (nSPS) is 15.5. The van der Waals surface area contributed by atoms with Gasteiger partial charge < -0.3 is 10.4 Å². The number of urea groups is 1. The van der Waals surface area contributed by atoms with Gasteiger partial charge in [0, 0.05) is 18.3 Å². The van der Waals surface area contributed by atoms with Gasteiger partial charge in [0.25, 0.3) is 0 Å². The number of aromatic nitrogens is 2. The van der Waals surface area contributed by atoms with E-state index >= 15 is 0 Å². The van der Waals surface area contributed by atoms with Crippen molar-refractivity contribution in [3.63, 3.8) is 0 Å². The van der Waals surface area contributed by atoms with E-state index in [1.165, 1.54) is 11.3 Å². The Labute approximate surface area is 98.8 Å². The first-order chi connectivity index (χ1) is 8.03. The predicted octanol–water partition coefficient (Wildman–Crippen LogP) is -0.218. The highest BCUT2D eigenvalue weighted by molar-refractivity contribution is 5.92. The zero-order chi connectivity index (χ0) is 12.5. The summed E-state index contributed by atoms with van der Waals surface area (Å²) in [6.45, 7) is 3.88. The summed E-state index contributed by atoms with van der Waals surface area (Å²) in [5, 5.41) is 13.2. The van der Waals surface area contributed by atoms with Crippen molar-refractivity contribution in [2.24, 2.45) is 0 Å². The first kappa shape index (κ1) is 11.7. The molecule has 0 radical (unpaired) electrons. The molecule has 1 aliphatic heterocycles. The van der Waals surface area contributed by atoms with Crippen molar-refractivity contribution in [1.29, 1.82) is 0 Å². The van der Waals surface area contributed by atoms with Gasteiger partial charge in [0.2, 0.25) is 0 Å². The fourth-order valence-electron chi connectivity index (χ4n) is 1.47. The molecular weight excluding hydrogens is 222 g/mol. The van der Waals surface area contributed by atoms with Gasteiger partial charge in [0.15, 0.2) is 5.82 Å². The second-order valence-corrected chi connectivity index (χ2v) is 4.52. The standard InChI is InChI=1S/C10H15N5O2/c1-10(2,5-16)14-15-8-7(3-11-6-13-8)4-12-9(15)17/h3,6,14,16H,4-5H2,1-2H3,(H,12,17). The molecule has 2 rings (SSSR count). The molecule has 92 valence electrons. The second kappa shape index (κ2) is 4.27. The third-order valence-corrected chi connectivity index (χ3v) is 2.42. The molecule has 1 aliphatic rings. The van der Waals surface area contributed by atoms with Crippen LogP contribution >= 0.6 is 0 Å². The minimum absolute atomic E-state index is 0.100. The number of aliphatic hydroxyl groups is 1. The number of hydrogen-bond acceptors (Lipinski definition) is 5. The molecule has 0 unspecified atom stereocenters. The van der Waals surface area contributed by atoms with Crippen LogP contribution in [0.5, 0.6) is 0 Å². The van der Waals surface area contributed by atoms with Crippen molar-refractivity contribution in [2.75, 3.05) is 11.6 Å². The Hall–Kier alpha value is -1.73. The van der Waals surface area contributed by atoms with Crippen LogP contribution < -0.4 is 15.8 Å². The highest BCUT2D eigenvalue weighted by Gasteiger charge is 2.30. The Morgan fingerprint density at radius 1 is 1.65 bits per heavy atom. The molecule has 0 bridgehead atoms. The predicted molar refractivity (Wildman–Crippen MR) is 61.0 cm³/mol. The topological polar surface area (TPSA) is 90.4 Å². The van der Waals surface area contributed by atoms with Gasteiger partial charge >= 0.3 is 6.03 Å². The van der Waals surface area contributed by atoms with E-state index in [0.717, 1.165) is 5.56 Å². The molecule has 0 saturated heterocycles. The molecular formula is C10H15N5O2. The molecule has 0 fully saturated rings. The number of hydrogen-bond donors (Lipinski definition) is 3. The molecule has 2 amide bonds. The average Bonchev–Trinajstić information content (AvgIpc) is 2.33. The van der Waals surface area contributed by atoms with Crippen LogP contribution in [0.25, 0.3) is 0 Å². The number of rotatable bonds is 3. The first-order valence-electron chi connectivity index (χ1n) is 5.29. The van der Waals surface area contributed by atoms with E-state index in [1.54, 1.807) is 20.0 Å². The van der Waals surface area contributed by atoms with Crippen molar-refractivity contribution in [3.05, 3.63) is 18.1 Å². The van der Waals surface area contributed by atoms with E-state index in [0.29, 0.717) is 12.4 Å². The Balaban J connectivity index is 2.30. The van der Waals surface area contributed by atoms with Crippen molar-refractivity contribution in [3.8, 4) is 0 Å². The minimum Gasteiger partial charge on any atom is -0.394 e. The van der Waals surface area contributed by atoms with Crippen LogP contribution in [0.4, 0.5) is 10.6 Å². The summed E-state index contributed by atoms with van der Waals surface area (Å²) in [4.78, 5) is 19.7. The first-order valence-corrected chi connectivity index (χ1v) is 5.29. The van der Waals surface area contributed by atoms with Crippen LogP contribution in [0.3, 0.4) is 0 Å². The lowest BCUT2D eigenvalue weighted by molar-refractivity contribution is 0.181. The van der Waals surface area contributed by atoms with E-state index in [1.807, 2.05) is 0 Å². The average molecular weight is 237 g/mol. The number of carbonyl (C=O) groups excluding carboxylic acids is 1. The number of amides is 2. The third kappa shape index (κ3) is 2.34. The van der Waals surface area contributed by atoms with Crippen LogP contribution in [0.2, 0.25) is 0 Å². The summed E-state index contributed by atoms with van der Waals surface area (Å²) < 4.78 is 0. The van der Waals surface area contributed by atoms with Crippen LogP contribution in [0, 0.1) is 0 Å². The van der Waals surface area contributed by atoms with Gasteiger partial charge in [0.05, 0.1) is 12.1 Å². The molecule has 0 aliphatic carbocycles. The Morgan fingerprint density at radius 3 is 3.12 bits per heavy atom. The van der Waals surface area contributed by atoms with E-state index in [4.69, 9.17) is 0 Å². The molecule has 7 nitrogen and oxygen atoms in total. The molecule has 1 aromatic rings. The van der Waals surface area contributed by atoms with E-state index in [2.05, 4.69) is 20.7 Å². The Morgan fingerprint density at radius 2 is 2.41 bits per heavy atom. The van der Waals surface area contributed by atoms with E-state index in [9.17, 15) is 9.90 Å². The quantitative estimate of drug-likeness (QED) is 0.676. The zero-order valence-corrected chi connectivity index (χ0v) is 9.77. The summed E-state index contributed by atoms with van der Waals surface area (Å²) in [5.41, 5.74) is 3.14. The van der Waals surface area contributed by atoms with Crippen molar-refractivity contribution in [2.45, 2.75) is 25.9 Å². The summed E-state index contributed by atoms with van der Waals surface area (Å²) in [6, 6.07) is -0.294. The van der Waals surface area contributed by atoms with Gasteiger partial charge in [-0.2, -0.15) is 0 Å². The summed E-state index contributed by atoms with van der Waals surface area (Å²) in [5.74, 6) is 0.519. The highest BCUT2D eigenvalue weighted by Crippen LogP contribution is 2.19. The van der Waals surface area contributed by atoms with Gasteiger partial charge in [-0.3, -0.25) is 0 Å². The molecule has 0 spiro atoms. The number of anilines is 1. The summed E-state index contributed by atoms with van der Waals surface area (Å²) in [6.07, 6.45) is 3.04. The van der Waals surface area contributed by atoms with Gasteiger partial charge in [0.1, 0.15) is 6.33 Å². The van der Waals surface area contributed by atoms with Gasteiger partial charge in [-0.25, -0.2) is 25.2 Å². The van der Waals surface area contributed by atoms with Crippen LogP contribution in [0.15, 0.2) is 12.5 Å². The molecule has 3 N–H and O–H groups in total. The van der Waals surface area contributed by atoms with Gasteiger partial charge in [-0.15, -0.1) is 0 Å². The van der Waals surface area contributed by atoms with Crippen LogP contribution in [-0.2, 0) is 6.54 Å². The number of nitrogens with one attached hydrogen (secondary N) is 2. The highest BCUT2D eigenvalue weighted by atomic mass is 16.3. The summed E-state index contributed by atoms with van der Waals surface area (Å²) >= 11 is 0. The summed E-state index contributed by atoms with van der Waals surface area (Å²) in [7, 11) is 0. The van der Waals surface area contributed by atoms with Crippen molar-refractivity contribution in [1.82, 2.24) is 20.7 Å². The smallest absolute Gasteiger partial charge is 0.338 e. The maximum absolute atomic E-state index is 11.8. The maximum atomic E-state index is 11.8. The maximum Gasteiger partial charge on any atom is 0.338 e. The monoisotopic (exact) mass is 237 g/mol. The molecule has 0 saturated carbocycles. The third-order valence-electron chi connectivity index (χ3n) is 2.42. The zero-order valence-electron chi connectivity index (χ0n) is 9.77. The lowest BCUT2D eigenvalue weighted by atomic mass is 10.1. The van der Waals surface area contributed by atoms with Crippen LogP contribution in [0.1, 0.15) is 19.4 Å². The van der Waals surface area contributed by atoms with Crippen LogP contribution in [-0.4, -0.2) is 33.3 Å². The molecule has 7 heteroatoms. The second-order valence-electron chi connectivity index (χ2n) is 4.52. The number of fused-ring (bicyclic) bond motifs is 1. The fourth-order valence-corrected chi connectivity index (χ4v) is 1.47. The molecule has 1 aromatic heterocycles. The lowest BCUT2D eigenvalue weighted by Crippen LogP contribution is -2.60. The molecule has 0 atom stereocenters. The van der Waals surface area contributed by atoms with Gasteiger partial charge in [-0.1, -0.05) is 0 Å². The number of nitrogens with zero attached hydrogens (tertiary/aromatic N) is 3. The van der Waals surface area contributed by atoms with E-state index < -0.39 is 5.54 Å². The molecule has 0 aromatic carbocycles. The minimum atomic E-state index is -0.614. The number of carbonyl (C=O) groups is 1. The molecule has 2 heterocycles.